The first-order valence-corrected chi connectivity index (χ1v) is 5.39. The largest absolute Gasteiger partial charge is 0.330 e. The third-order valence-electron chi connectivity index (χ3n) is 2.34. The molecule has 0 amide bonds. The lowest BCUT2D eigenvalue weighted by atomic mass is 10.3. The minimum atomic E-state index is -0.450. The summed E-state index contributed by atoms with van der Waals surface area (Å²) in [6.07, 6.45) is 1.68. The van der Waals surface area contributed by atoms with Crippen LogP contribution < -0.4 is 11.2 Å². The Morgan fingerprint density at radius 3 is 2.81 bits per heavy atom. The zero-order chi connectivity index (χ0) is 11.7. The predicted octanol–water partition coefficient (Wildman–Crippen LogP) is 0.866. The van der Waals surface area contributed by atoms with Crippen molar-refractivity contribution in [3.05, 3.63) is 26.1 Å². The molecule has 0 aliphatic carbocycles. The molecule has 0 aliphatic heterocycles. The third-order valence-corrected chi connectivity index (χ3v) is 2.52. The molecular weight excluding hydrogens is 232 g/mol. The van der Waals surface area contributed by atoms with E-state index in [9.17, 15) is 9.59 Å². The minimum absolute atomic E-state index is 0.0935. The van der Waals surface area contributed by atoms with Crippen LogP contribution in [-0.4, -0.2) is 19.5 Å². The van der Waals surface area contributed by atoms with Crippen molar-refractivity contribution in [3.8, 4) is 0 Å². The maximum atomic E-state index is 11.9. The van der Waals surface area contributed by atoms with Gasteiger partial charge < -0.3 is 4.98 Å². The SMILES string of the molecule is CCCCn1c(=O)[nH]c2nc(Cl)[nH]c2c1=O. The molecule has 0 aliphatic rings. The molecule has 2 heterocycles. The van der Waals surface area contributed by atoms with Crippen LogP contribution in [-0.2, 0) is 6.54 Å². The van der Waals surface area contributed by atoms with E-state index in [1.807, 2.05) is 6.92 Å². The number of fused-ring (bicyclic) bond motifs is 1. The zero-order valence-electron chi connectivity index (χ0n) is 8.71. The summed E-state index contributed by atoms with van der Waals surface area (Å²) in [5.74, 6) is 0. The molecule has 2 rings (SSSR count). The Kier molecular flexibility index (Phi) is 2.82. The Hall–Kier alpha value is -1.56. The molecular formula is C9H11ClN4O2. The molecule has 0 aromatic carbocycles. The van der Waals surface area contributed by atoms with Gasteiger partial charge in [0.1, 0.15) is 0 Å². The molecule has 0 radical (unpaired) electrons. The fraction of sp³-hybridized carbons (Fsp3) is 0.444. The average Bonchev–Trinajstić information content (AvgIpc) is 2.59. The van der Waals surface area contributed by atoms with E-state index in [1.54, 1.807) is 0 Å². The number of unbranched alkanes of at least 4 members (excludes halogenated alkanes) is 1. The van der Waals surface area contributed by atoms with Crippen LogP contribution in [0.1, 0.15) is 19.8 Å². The summed E-state index contributed by atoms with van der Waals surface area (Å²) < 4.78 is 1.15. The van der Waals surface area contributed by atoms with Crippen molar-refractivity contribution < 1.29 is 0 Å². The Morgan fingerprint density at radius 1 is 1.38 bits per heavy atom. The standard InChI is InChI=1S/C9H11ClN4O2/c1-2-3-4-14-7(15)5-6(13-9(14)16)12-8(10)11-5/h2-4H2,1H3,(H,11,12)(H,13,16). The molecule has 16 heavy (non-hydrogen) atoms. The van der Waals surface area contributed by atoms with Crippen molar-refractivity contribution in [2.75, 3.05) is 0 Å². The van der Waals surface area contributed by atoms with E-state index in [2.05, 4.69) is 15.0 Å². The normalized spacial score (nSPS) is 11.1. The van der Waals surface area contributed by atoms with E-state index < -0.39 is 5.69 Å². The van der Waals surface area contributed by atoms with Gasteiger partial charge in [0.05, 0.1) is 0 Å². The minimum Gasteiger partial charge on any atom is -0.323 e. The first-order chi connectivity index (χ1) is 7.63. The van der Waals surface area contributed by atoms with Gasteiger partial charge >= 0.3 is 5.69 Å². The number of rotatable bonds is 3. The number of hydrogen-bond acceptors (Lipinski definition) is 3. The van der Waals surface area contributed by atoms with Gasteiger partial charge in [-0.2, -0.15) is 4.98 Å². The first kappa shape index (κ1) is 10.9. The van der Waals surface area contributed by atoms with Gasteiger partial charge in [0, 0.05) is 6.54 Å². The monoisotopic (exact) mass is 242 g/mol. The molecule has 0 bridgehead atoms. The van der Waals surface area contributed by atoms with Crippen LogP contribution >= 0.6 is 11.6 Å². The summed E-state index contributed by atoms with van der Waals surface area (Å²) in [5, 5.41) is 0.0935. The molecule has 0 fully saturated rings. The molecule has 0 saturated heterocycles. The number of nitrogens with one attached hydrogen (secondary N) is 2. The van der Waals surface area contributed by atoms with Gasteiger partial charge in [-0.1, -0.05) is 13.3 Å². The number of halogens is 1. The molecule has 2 aromatic rings. The van der Waals surface area contributed by atoms with Gasteiger partial charge in [0.2, 0.25) is 5.28 Å². The lowest BCUT2D eigenvalue weighted by Crippen LogP contribution is -2.35. The smallest absolute Gasteiger partial charge is 0.323 e. The molecule has 2 N–H and O–H groups in total. The van der Waals surface area contributed by atoms with Crippen molar-refractivity contribution in [2.24, 2.45) is 0 Å². The second-order valence-corrected chi connectivity index (χ2v) is 3.85. The molecule has 0 saturated carbocycles. The molecule has 0 atom stereocenters. The lowest BCUT2D eigenvalue weighted by molar-refractivity contribution is 0.588. The quantitative estimate of drug-likeness (QED) is 0.784. The van der Waals surface area contributed by atoms with Crippen LogP contribution in [0.15, 0.2) is 9.59 Å². The van der Waals surface area contributed by atoms with Gasteiger partial charge in [0.25, 0.3) is 5.56 Å². The van der Waals surface area contributed by atoms with Crippen molar-refractivity contribution in [2.45, 2.75) is 26.3 Å². The maximum absolute atomic E-state index is 11.9. The van der Waals surface area contributed by atoms with E-state index in [-0.39, 0.29) is 22.0 Å². The molecule has 0 spiro atoms. The second kappa shape index (κ2) is 4.13. The molecule has 2 aromatic heterocycles. The highest BCUT2D eigenvalue weighted by Crippen LogP contribution is 2.06. The zero-order valence-corrected chi connectivity index (χ0v) is 9.47. The molecule has 86 valence electrons. The number of imidazole rings is 1. The van der Waals surface area contributed by atoms with E-state index in [4.69, 9.17) is 11.6 Å². The highest BCUT2D eigenvalue weighted by molar-refractivity contribution is 6.28. The number of H-pyrrole nitrogens is 2. The number of aromatic nitrogens is 4. The number of aromatic amines is 2. The van der Waals surface area contributed by atoms with E-state index >= 15 is 0 Å². The molecule has 7 heteroatoms. The Bertz CT molecular complexity index is 624. The highest BCUT2D eigenvalue weighted by Gasteiger charge is 2.10. The second-order valence-electron chi connectivity index (χ2n) is 3.49. The third kappa shape index (κ3) is 1.76. The Labute approximate surface area is 95.3 Å². The summed E-state index contributed by atoms with van der Waals surface area (Å²) in [4.78, 5) is 32.4. The number of nitrogens with zero attached hydrogens (tertiary/aromatic N) is 2. The van der Waals surface area contributed by atoms with Crippen molar-refractivity contribution >= 4 is 22.8 Å². The summed E-state index contributed by atoms with van der Waals surface area (Å²) in [5.41, 5.74) is -0.394. The van der Waals surface area contributed by atoms with Crippen molar-refractivity contribution in [1.82, 2.24) is 19.5 Å². The fourth-order valence-electron chi connectivity index (χ4n) is 1.50. The van der Waals surface area contributed by atoms with Gasteiger partial charge in [0.15, 0.2) is 11.2 Å². The van der Waals surface area contributed by atoms with Gasteiger partial charge in [-0.05, 0) is 18.0 Å². The van der Waals surface area contributed by atoms with Gasteiger partial charge in [-0.15, -0.1) is 0 Å². The average molecular weight is 243 g/mol. The molecule has 0 unspecified atom stereocenters. The predicted molar refractivity (Wildman–Crippen MR) is 60.9 cm³/mol. The maximum Gasteiger partial charge on any atom is 0.330 e. The van der Waals surface area contributed by atoms with Crippen LogP contribution in [0.4, 0.5) is 0 Å². The van der Waals surface area contributed by atoms with Gasteiger partial charge in [-0.3, -0.25) is 14.3 Å². The Morgan fingerprint density at radius 2 is 2.12 bits per heavy atom. The van der Waals surface area contributed by atoms with Crippen molar-refractivity contribution in [3.63, 3.8) is 0 Å². The molecule has 6 nitrogen and oxygen atoms in total. The van der Waals surface area contributed by atoms with Crippen molar-refractivity contribution in [1.29, 1.82) is 0 Å². The van der Waals surface area contributed by atoms with Crippen LogP contribution in [0.2, 0.25) is 5.28 Å². The fourth-order valence-corrected chi connectivity index (χ4v) is 1.68. The van der Waals surface area contributed by atoms with Crippen LogP contribution in [0, 0.1) is 0 Å². The summed E-state index contributed by atoms with van der Waals surface area (Å²) >= 11 is 5.63. The van der Waals surface area contributed by atoms with E-state index in [1.165, 1.54) is 0 Å². The van der Waals surface area contributed by atoms with E-state index in [0.29, 0.717) is 6.54 Å². The first-order valence-electron chi connectivity index (χ1n) is 5.01. The Balaban J connectivity index is 2.65. The lowest BCUT2D eigenvalue weighted by Gasteiger charge is -2.01. The van der Waals surface area contributed by atoms with Crippen LogP contribution in [0.3, 0.4) is 0 Å². The van der Waals surface area contributed by atoms with Crippen LogP contribution in [0.25, 0.3) is 11.2 Å². The summed E-state index contributed by atoms with van der Waals surface area (Å²) in [6, 6.07) is 0. The highest BCUT2D eigenvalue weighted by atomic mass is 35.5. The summed E-state index contributed by atoms with van der Waals surface area (Å²) in [7, 11) is 0. The van der Waals surface area contributed by atoms with Crippen LogP contribution in [0.5, 0.6) is 0 Å². The van der Waals surface area contributed by atoms with E-state index in [0.717, 1.165) is 17.4 Å². The summed E-state index contributed by atoms with van der Waals surface area (Å²) in [6.45, 7) is 2.39. The topological polar surface area (TPSA) is 83.5 Å². The number of hydrogen-bond donors (Lipinski definition) is 2. The van der Waals surface area contributed by atoms with Gasteiger partial charge in [-0.25, -0.2) is 4.79 Å².